The maximum absolute atomic E-state index is 13.0. The summed E-state index contributed by atoms with van der Waals surface area (Å²) in [6.07, 6.45) is 6.68. The number of nitrogens with two attached hydrogens (primary N) is 1. The Morgan fingerprint density at radius 1 is 1.20 bits per heavy atom. The molecule has 0 aliphatic carbocycles. The highest BCUT2D eigenvalue weighted by Gasteiger charge is 2.23. The van der Waals surface area contributed by atoms with Crippen molar-refractivity contribution >= 4 is 15.8 Å². The minimum absolute atomic E-state index is 0.0210. The number of anilines is 1. The second kappa shape index (κ2) is 8.91. The van der Waals surface area contributed by atoms with Crippen LogP contribution < -0.4 is 15.2 Å². The SMILES string of the molecule is CN1CCC(CNS(=O)(=O)c2cc(-c3ccc4c(c3)CCCCO4)cnc2N)CC1. The van der Waals surface area contributed by atoms with Gasteiger partial charge in [0, 0.05) is 18.3 Å². The maximum Gasteiger partial charge on any atom is 0.244 e. The van der Waals surface area contributed by atoms with Gasteiger partial charge in [0.05, 0.1) is 6.61 Å². The standard InChI is InChI=1S/C22H30N4O3S/c1-26-9-7-16(8-10-26)14-25-30(27,28)21-13-19(15-24-22(21)23)17-5-6-20-18(12-17)4-2-3-11-29-20/h5-6,12-13,15-16,25H,2-4,7-11,14H2,1H3,(H2,23,24). The summed E-state index contributed by atoms with van der Waals surface area (Å²) >= 11 is 0. The third kappa shape index (κ3) is 4.77. The zero-order valence-electron chi connectivity index (χ0n) is 17.4. The van der Waals surface area contributed by atoms with Crippen molar-refractivity contribution in [2.75, 3.05) is 39.0 Å². The Labute approximate surface area is 178 Å². The van der Waals surface area contributed by atoms with Crippen molar-refractivity contribution in [1.82, 2.24) is 14.6 Å². The Balaban J connectivity index is 1.55. The van der Waals surface area contributed by atoms with E-state index in [-0.39, 0.29) is 10.7 Å². The average molecular weight is 431 g/mol. The summed E-state index contributed by atoms with van der Waals surface area (Å²) in [6, 6.07) is 7.59. The molecule has 3 heterocycles. The van der Waals surface area contributed by atoms with E-state index in [0.717, 1.165) is 74.2 Å². The van der Waals surface area contributed by atoms with Crippen LogP contribution in [0.3, 0.4) is 0 Å². The normalized spacial score (nSPS) is 18.4. The lowest BCUT2D eigenvalue weighted by molar-refractivity contribution is 0.220. The fraction of sp³-hybridized carbons (Fsp3) is 0.500. The highest BCUT2D eigenvalue weighted by atomic mass is 32.2. The molecule has 4 rings (SSSR count). The summed E-state index contributed by atoms with van der Waals surface area (Å²) in [5, 5.41) is 0. The molecule has 0 radical (unpaired) electrons. The Hall–Kier alpha value is -2.16. The van der Waals surface area contributed by atoms with Gasteiger partial charge < -0.3 is 15.4 Å². The number of nitrogens with zero attached hydrogens (tertiary/aromatic N) is 2. The number of pyridine rings is 1. The minimum Gasteiger partial charge on any atom is -0.493 e. The zero-order chi connectivity index (χ0) is 21.1. The summed E-state index contributed by atoms with van der Waals surface area (Å²) in [4.78, 5) is 6.48. The van der Waals surface area contributed by atoms with Gasteiger partial charge in [0.2, 0.25) is 10.0 Å². The van der Waals surface area contributed by atoms with E-state index < -0.39 is 10.0 Å². The molecule has 30 heavy (non-hydrogen) atoms. The number of hydrogen-bond acceptors (Lipinski definition) is 6. The van der Waals surface area contributed by atoms with Crippen LogP contribution in [-0.4, -0.2) is 51.6 Å². The predicted molar refractivity (Wildman–Crippen MR) is 118 cm³/mol. The van der Waals surface area contributed by atoms with Gasteiger partial charge in [-0.2, -0.15) is 0 Å². The zero-order valence-corrected chi connectivity index (χ0v) is 18.2. The monoisotopic (exact) mass is 430 g/mol. The summed E-state index contributed by atoms with van der Waals surface area (Å²) in [6.45, 7) is 3.15. The number of likely N-dealkylation sites (tertiary alicyclic amines) is 1. The molecule has 1 aromatic heterocycles. The van der Waals surface area contributed by atoms with Crippen LogP contribution >= 0.6 is 0 Å². The third-order valence-corrected chi connectivity index (χ3v) is 7.52. The van der Waals surface area contributed by atoms with Gasteiger partial charge in [-0.05, 0) is 87.5 Å². The first-order chi connectivity index (χ1) is 14.4. The molecule has 2 aromatic rings. The van der Waals surface area contributed by atoms with Gasteiger partial charge in [-0.25, -0.2) is 18.1 Å². The molecule has 3 N–H and O–H groups in total. The van der Waals surface area contributed by atoms with E-state index in [0.29, 0.717) is 12.5 Å². The molecule has 0 amide bonds. The number of piperidine rings is 1. The van der Waals surface area contributed by atoms with Crippen LogP contribution in [0.25, 0.3) is 11.1 Å². The van der Waals surface area contributed by atoms with Crippen molar-refractivity contribution < 1.29 is 13.2 Å². The first-order valence-electron chi connectivity index (χ1n) is 10.6. The molecule has 2 aliphatic rings. The second-order valence-electron chi connectivity index (χ2n) is 8.33. The predicted octanol–water partition coefficient (Wildman–Crippen LogP) is 2.67. The number of nitrogens with one attached hydrogen (secondary N) is 1. The van der Waals surface area contributed by atoms with Gasteiger partial charge in [-0.1, -0.05) is 6.07 Å². The molecule has 0 unspecified atom stereocenters. The highest BCUT2D eigenvalue weighted by molar-refractivity contribution is 7.89. The molecule has 2 aliphatic heterocycles. The largest absolute Gasteiger partial charge is 0.493 e. The molecule has 162 valence electrons. The van der Waals surface area contributed by atoms with Crippen LogP contribution in [0.15, 0.2) is 35.4 Å². The number of sulfonamides is 1. The van der Waals surface area contributed by atoms with E-state index in [1.165, 1.54) is 0 Å². The number of nitrogen functional groups attached to an aromatic ring is 1. The van der Waals surface area contributed by atoms with E-state index in [1.807, 2.05) is 12.1 Å². The van der Waals surface area contributed by atoms with Gasteiger partial charge in [0.1, 0.15) is 16.5 Å². The van der Waals surface area contributed by atoms with Gasteiger partial charge in [0.25, 0.3) is 0 Å². The first-order valence-corrected chi connectivity index (χ1v) is 12.1. The molecule has 0 saturated carbocycles. The van der Waals surface area contributed by atoms with Crippen molar-refractivity contribution in [3.05, 3.63) is 36.0 Å². The summed E-state index contributed by atoms with van der Waals surface area (Å²) in [5.41, 5.74) is 8.75. The summed E-state index contributed by atoms with van der Waals surface area (Å²) in [7, 11) is -1.64. The van der Waals surface area contributed by atoms with E-state index in [9.17, 15) is 8.42 Å². The van der Waals surface area contributed by atoms with Gasteiger partial charge in [0.15, 0.2) is 0 Å². The Morgan fingerprint density at radius 2 is 2.00 bits per heavy atom. The van der Waals surface area contributed by atoms with Crippen LogP contribution in [0.2, 0.25) is 0 Å². The molecule has 7 nitrogen and oxygen atoms in total. The molecular formula is C22H30N4O3S. The van der Waals surface area contributed by atoms with E-state index in [2.05, 4.69) is 27.7 Å². The molecule has 0 spiro atoms. The van der Waals surface area contributed by atoms with Gasteiger partial charge in [-0.15, -0.1) is 0 Å². The molecule has 8 heteroatoms. The average Bonchev–Trinajstić information content (AvgIpc) is 2.98. The van der Waals surface area contributed by atoms with E-state index >= 15 is 0 Å². The number of benzene rings is 1. The van der Waals surface area contributed by atoms with Crippen molar-refractivity contribution in [2.24, 2.45) is 5.92 Å². The number of aryl methyl sites for hydroxylation is 1. The van der Waals surface area contributed by atoms with Crippen molar-refractivity contribution in [1.29, 1.82) is 0 Å². The van der Waals surface area contributed by atoms with Crippen LogP contribution in [0, 0.1) is 5.92 Å². The first kappa shape index (κ1) is 21.1. The third-order valence-electron chi connectivity index (χ3n) is 6.06. The molecule has 1 aromatic carbocycles. The Morgan fingerprint density at radius 3 is 2.80 bits per heavy atom. The minimum atomic E-state index is -3.73. The van der Waals surface area contributed by atoms with Gasteiger partial charge >= 0.3 is 0 Å². The second-order valence-corrected chi connectivity index (χ2v) is 10.1. The Kier molecular flexibility index (Phi) is 6.26. The van der Waals surface area contributed by atoms with E-state index in [1.54, 1.807) is 12.3 Å². The maximum atomic E-state index is 13.0. The van der Waals surface area contributed by atoms with Crippen molar-refractivity contribution in [3.8, 4) is 16.9 Å². The fourth-order valence-corrected chi connectivity index (χ4v) is 5.32. The Bertz CT molecular complexity index is 1000. The van der Waals surface area contributed by atoms with Crippen LogP contribution in [0.1, 0.15) is 31.2 Å². The number of ether oxygens (including phenoxy) is 1. The van der Waals surface area contributed by atoms with Crippen LogP contribution in [0.5, 0.6) is 5.75 Å². The fourth-order valence-electron chi connectivity index (χ4n) is 4.09. The van der Waals surface area contributed by atoms with Crippen LogP contribution in [-0.2, 0) is 16.4 Å². The number of rotatable bonds is 5. The molecule has 0 atom stereocenters. The number of hydrogen-bond donors (Lipinski definition) is 2. The summed E-state index contributed by atoms with van der Waals surface area (Å²) in [5.74, 6) is 1.28. The number of fused-ring (bicyclic) bond motifs is 1. The highest BCUT2D eigenvalue weighted by Crippen LogP contribution is 2.31. The molecule has 1 saturated heterocycles. The van der Waals surface area contributed by atoms with E-state index in [4.69, 9.17) is 10.5 Å². The lowest BCUT2D eigenvalue weighted by Gasteiger charge is -2.28. The van der Waals surface area contributed by atoms with Crippen molar-refractivity contribution in [3.63, 3.8) is 0 Å². The quantitative estimate of drug-likeness (QED) is 0.757. The smallest absolute Gasteiger partial charge is 0.244 e. The number of aromatic nitrogens is 1. The molecule has 0 bridgehead atoms. The van der Waals surface area contributed by atoms with Gasteiger partial charge in [-0.3, -0.25) is 0 Å². The molecular weight excluding hydrogens is 400 g/mol. The summed E-state index contributed by atoms with van der Waals surface area (Å²) < 4.78 is 34.5. The topological polar surface area (TPSA) is 97.5 Å². The molecule has 1 fully saturated rings. The van der Waals surface area contributed by atoms with Crippen molar-refractivity contribution in [2.45, 2.75) is 37.0 Å². The lowest BCUT2D eigenvalue weighted by atomic mass is 9.98. The lowest BCUT2D eigenvalue weighted by Crippen LogP contribution is -2.37. The van der Waals surface area contributed by atoms with Crippen LogP contribution in [0.4, 0.5) is 5.82 Å².